The Hall–Kier alpha value is -3.26. The fourth-order valence-electron chi connectivity index (χ4n) is 9.28. The summed E-state index contributed by atoms with van der Waals surface area (Å²) >= 11 is 0. The minimum atomic E-state index is -0.965. The van der Waals surface area contributed by atoms with Crippen molar-refractivity contribution in [3.05, 3.63) is 0 Å². The number of ether oxygens (including phenoxy) is 6. The minimum Gasteiger partial charge on any atom is -0.462 e. The molecular weight excluding hydrogens is 885 g/mol. The average molecular weight is 991 g/mol. The normalized spacial score (nSPS) is 25.3. The highest BCUT2D eigenvalue weighted by Gasteiger charge is 2.65. The second-order valence-electron chi connectivity index (χ2n) is 22.4. The van der Waals surface area contributed by atoms with Gasteiger partial charge in [-0.25, -0.2) is 4.79 Å². The van der Waals surface area contributed by atoms with Crippen LogP contribution in [0.3, 0.4) is 0 Å². The van der Waals surface area contributed by atoms with E-state index in [1.54, 1.807) is 27.7 Å². The van der Waals surface area contributed by atoms with Gasteiger partial charge in [0.2, 0.25) is 6.10 Å². The lowest BCUT2D eigenvalue weighted by Gasteiger charge is -2.62. The predicted molar refractivity (Wildman–Crippen MR) is 275 cm³/mol. The SMILES string of the molecule is C.C.C.C.C.C.CCC(C)(C)C(=O)OC(C)(C)C1CCCCC1.CCC(C)(C)C(=O)OC12CC3CC(O)(CC(O)(C3)C1)C2.CCC(C)(C)C(=O)OCCOC(=O)CCC(=O)OC1C(=O)OCC1(C)C. The largest absolute Gasteiger partial charge is 0.462 e. The topological polar surface area (TPSA) is 198 Å². The van der Waals surface area contributed by atoms with E-state index in [-0.39, 0.29) is 112 Å². The number of hydrogen-bond acceptors (Lipinski definition) is 14. The van der Waals surface area contributed by atoms with Gasteiger partial charge in [-0.3, -0.25) is 24.0 Å². The van der Waals surface area contributed by atoms with E-state index in [1.807, 2.05) is 48.5 Å². The highest BCUT2D eigenvalue weighted by molar-refractivity contribution is 5.83. The van der Waals surface area contributed by atoms with Gasteiger partial charge in [0.1, 0.15) is 31.0 Å². The molecule has 1 saturated heterocycles. The molecule has 6 aliphatic rings. The minimum absolute atomic E-state index is 0. The Morgan fingerprint density at radius 3 is 1.52 bits per heavy atom. The van der Waals surface area contributed by atoms with Crippen LogP contribution in [-0.2, 0) is 57.2 Å². The average Bonchev–Trinajstić information content (AvgIpc) is 3.44. The summed E-state index contributed by atoms with van der Waals surface area (Å²) < 4.78 is 31.6. The first-order valence-corrected chi connectivity index (χ1v) is 23.5. The lowest BCUT2D eigenvalue weighted by Crippen LogP contribution is -2.67. The summed E-state index contributed by atoms with van der Waals surface area (Å²) in [5.41, 5.74) is -4.67. The molecule has 2 N–H and O–H groups in total. The first-order chi connectivity index (χ1) is 28.9. The molecular formula is C55H106O14. The number of cyclic esters (lactones) is 1. The molecule has 0 amide bonds. The third-order valence-electron chi connectivity index (χ3n) is 14.4. The Bertz CT molecular complexity index is 1600. The van der Waals surface area contributed by atoms with Gasteiger partial charge in [0.15, 0.2) is 0 Å². The van der Waals surface area contributed by atoms with Crippen molar-refractivity contribution in [1.82, 2.24) is 0 Å². The van der Waals surface area contributed by atoms with Crippen molar-refractivity contribution in [2.24, 2.45) is 33.5 Å². The Morgan fingerprint density at radius 1 is 0.623 bits per heavy atom. The maximum absolute atomic E-state index is 12.4. The maximum Gasteiger partial charge on any atom is 0.348 e. The summed E-state index contributed by atoms with van der Waals surface area (Å²) in [7, 11) is 0. The van der Waals surface area contributed by atoms with Gasteiger partial charge in [0.05, 0.1) is 40.3 Å². The third-order valence-corrected chi connectivity index (χ3v) is 14.4. The first kappa shape index (κ1) is 72.3. The molecule has 3 atom stereocenters. The lowest BCUT2D eigenvalue weighted by molar-refractivity contribution is -0.264. The van der Waals surface area contributed by atoms with Crippen LogP contribution in [0.25, 0.3) is 0 Å². The zero-order valence-electron chi connectivity index (χ0n) is 41.0. The van der Waals surface area contributed by atoms with Gasteiger partial charge in [-0.2, -0.15) is 0 Å². The monoisotopic (exact) mass is 991 g/mol. The Labute approximate surface area is 421 Å². The molecule has 0 spiro atoms. The van der Waals surface area contributed by atoms with Gasteiger partial charge in [-0.15, -0.1) is 0 Å². The molecule has 1 heterocycles. The molecule has 6 rings (SSSR count). The van der Waals surface area contributed by atoms with E-state index in [9.17, 15) is 39.0 Å². The number of carbonyl (C=O) groups excluding carboxylic acids is 6. The fourth-order valence-corrected chi connectivity index (χ4v) is 9.28. The molecule has 410 valence electrons. The summed E-state index contributed by atoms with van der Waals surface area (Å²) in [6, 6.07) is 0. The molecule has 14 heteroatoms. The zero-order chi connectivity index (χ0) is 47.9. The third kappa shape index (κ3) is 20.0. The van der Waals surface area contributed by atoms with E-state index in [1.165, 1.54) is 32.1 Å². The Balaban J connectivity index is -0.000000449. The molecule has 5 saturated carbocycles. The van der Waals surface area contributed by atoms with Crippen molar-refractivity contribution < 1.29 is 67.4 Å². The summed E-state index contributed by atoms with van der Waals surface area (Å²) in [6.07, 6.45) is 10.8. The zero-order valence-corrected chi connectivity index (χ0v) is 41.0. The molecule has 6 fully saturated rings. The number of carbonyl (C=O) groups is 6. The number of aliphatic hydroxyl groups is 2. The molecule has 0 radical (unpaired) electrons. The highest BCUT2D eigenvalue weighted by atomic mass is 16.6. The van der Waals surface area contributed by atoms with Crippen LogP contribution >= 0.6 is 0 Å². The molecule has 0 aromatic heterocycles. The molecule has 0 aromatic carbocycles. The van der Waals surface area contributed by atoms with Crippen molar-refractivity contribution in [2.75, 3.05) is 19.8 Å². The quantitative estimate of drug-likeness (QED) is 0.0841. The van der Waals surface area contributed by atoms with Crippen molar-refractivity contribution in [1.29, 1.82) is 0 Å². The van der Waals surface area contributed by atoms with Crippen LogP contribution in [-0.4, -0.2) is 94.4 Å². The standard InChI is InChI=1S/C18H28O8.C16H26O4.C15H28O2.6CH4/c1-6-17(2,3)16(22)24-10-9-23-12(19)7-8-13(20)26-14-15(21)25-11-18(14,4)5;1-4-13(2,3)12(17)20-16-7-11-5-14(18,9-16)8-15(19,6-11)10-16;1-6-14(2,3)13(16)17-15(4,5)12-10-8-7-9-11-12;;;;;;/h14H,6-11H2,1-5H3;11,18-19H,4-10H2,1-3H3;12H,6-11H2,1-5H3;6*1H4. The van der Waals surface area contributed by atoms with E-state index < -0.39 is 57.1 Å². The number of hydrogen-bond donors (Lipinski definition) is 2. The van der Waals surface area contributed by atoms with Crippen LogP contribution in [0.2, 0.25) is 0 Å². The first-order valence-electron chi connectivity index (χ1n) is 23.5. The number of esters is 6. The molecule has 5 aliphatic carbocycles. The Morgan fingerprint density at radius 2 is 1.07 bits per heavy atom. The van der Waals surface area contributed by atoms with Gasteiger partial charge in [-0.05, 0) is 119 Å². The van der Waals surface area contributed by atoms with E-state index >= 15 is 0 Å². The molecule has 1 aliphatic heterocycles. The maximum atomic E-state index is 12.4. The van der Waals surface area contributed by atoms with Crippen molar-refractivity contribution in [3.8, 4) is 0 Å². The van der Waals surface area contributed by atoms with Crippen LogP contribution in [0.15, 0.2) is 0 Å². The van der Waals surface area contributed by atoms with Crippen LogP contribution in [0.4, 0.5) is 0 Å². The van der Waals surface area contributed by atoms with E-state index in [0.717, 1.165) is 32.1 Å². The molecule has 14 nitrogen and oxygen atoms in total. The summed E-state index contributed by atoms with van der Waals surface area (Å²) in [6.45, 7) is 24.9. The molecule has 3 unspecified atom stereocenters. The van der Waals surface area contributed by atoms with Crippen LogP contribution in [0.1, 0.15) is 237 Å². The van der Waals surface area contributed by atoms with E-state index in [2.05, 4.69) is 13.8 Å². The van der Waals surface area contributed by atoms with Crippen LogP contribution in [0.5, 0.6) is 0 Å². The summed E-state index contributed by atoms with van der Waals surface area (Å²) in [5, 5.41) is 21.3. The van der Waals surface area contributed by atoms with E-state index in [4.69, 9.17) is 28.4 Å². The summed E-state index contributed by atoms with van der Waals surface area (Å²) in [4.78, 5) is 71.2. The summed E-state index contributed by atoms with van der Waals surface area (Å²) in [5.74, 6) is -1.65. The molecule has 0 aromatic rings. The van der Waals surface area contributed by atoms with Crippen molar-refractivity contribution in [3.63, 3.8) is 0 Å². The Kier molecular flexibility index (Phi) is 29.4. The molecule has 69 heavy (non-hydrogen) atoms. The predicted octanol–water partition coefficient (Wildman–Crippen LogP) is 12.1. The van der Waals surface area contributed by atoms with Crippen molar-refractivity contribution >= 4 is 35.8 Å². The lowest BCUT2D eigenvalue weighted by atomic mass is 9.50. The van der Waals surface area contributed by atoms with Gasteiger partial charge >= 0.3 is 35.8 Å². The number of rotatable bonds is 16. The van der Waals surface area contributed by atoms with Gasteiger partial charge in [0, 0.05) is 24.7 Å². The van der Waals surface area contributed by atoms with Gasteiger partial charge in [0.25, 0.3) is 0 Å². The second-order valence-corrected chi connectivity index (χ2v) is 22.4. The van der Waals surface area contributed by atoms with Crippen LogP contribution < -0.4 is 0 Å². The van der Waals surface area contributed by atoms with E-state index in [0.29, 0.717) is 31.6 Å². The second kappa shape index (κ2) is 28.1. The van der Waals surface area contributed by atoms with Crippen LogP contribution in [0, 0.1) is 33.5 Å². The smallest absolute Gasteiger partial charge is 0.348 e. The molecule has 4 bridgehead atoms. The van der Waals surface area contributed by atoms with Gasteiger partial charge in [-0.1, -0.05) is 98.4 Å². The van der Waals surface area contributed by atoms with Crippen molar-refractivity contribution in [2.45, 2.75) is 266 Å². The van der Waals surface area contributed by atoms with Gasteiger partial charge < -0.3 is 38.6 Å². The highest BCUT2D eigenvalue weighted by Crippen LogP contribution is 2.60. The fraction of sp³-hybridized carbons (Fsp3) is 0.891.